The highest BCUT2D eigenvalue weighted by molar-refractivity contribution is 9.11. The Balaban J connectivity index is 2.18. The number of aromatic nitrogens is 2. The molecule has 212 valence electrons. The molecule has 1 aliphatic rings. The lowest BCUT2D eigenvalue weighted by Gasteiger charge is -2.39. The zero-order valence-corrected chi connectivity index (χ0v) is 26.4. The molecule has 1 unspecified atom stereocenters. The third-order valence-electron chi connectivity index (χ3n) is 7.19. The Labute approximate surface area is 245 Å². The van der Waals surface area contributed by atoms with Crippen molar-refractivity contribution in [2.75, 3.05) is 6.54 Å². The molecule has 1 atom stereocenters. The van der Waals surface area contributed by atoms with E-state index in [0.717, 1.165) is 45.7 Å². The normalized spacial score (nSPS) is 17.2. The first kappa shape index (κ1) is 31.2. The second-order valence-corrected chi connectivity index (χ2v) is 13.6. The first-order valence-electron chi connectivity index (χ1n) is 13.8. The molecular weight excluding hydrogens is 577 g/mol. The van der Waals surface area contributed by atoms with Crippen LogP contribution >= 0.6 is 27.3 Å². The molecular formula is C31H41BrFN3O2S. The van der Waals surface area contributed by atoms with Crippen LogP contribution in [-0.4, -0.2) is 33.1 Å². The average Bonchev–Trinajstić information content (AvgIpc) is 3.30. The van der Waals surface area contributed by atoms with Gasteiger partial charge in [0.1, 0.15) is 16.4 Å². The number of carbonyl (C=O) groups is 1. The number of carbonyl (C=O) groups excluding carboxylic acids is 1. The van der Waals surface area contributed by atoms with Crippen molar-refractivity contribution >= 4 is 38.9 Å². The first-order valence-corrected chi connectivity index (χ1v) is 15.4. The Morgan fingerprint density at radius 2 is 1.95 bits per heavy atom. The number of hydrogen-bond donors (Lipinski definition) is 0. The fourth-order valence-electron chi connectivity index (χ4n) is 4.86. The topological polar surface area (TPSA) is 55.3 Å². The molecule has 39 heavy (non-hydrogen) atoms. The summed E-state index contributed by atoms with van der Waals surface area (Å²) < 4.78 is 22.1. The number of ether oxygens (including phenoxy) is 1. The zero-order chi connectivity index (χ0) is 28.6. The van der Waals surface area contributed by atoms with Gasteiger partial charge in [-0.3, -0.25) is 9.88 Å². The van der Waals surface area contributed by atoms with Gasteiger partial charge < -0.3 is 4.74 Å². The molecule has 2 heterocycles. The second kappa shape index (κ2) is 13.8. The SMILES string of the molecule is CCC(CC)(CN(C(=O)OC(C)(C)C)C1=CC=C(c2ncc(Br)s2)CCCC=CCC1C)c1ncccc1F. The minimum absolute atomic E-state index is 0.0207. The maximum absolute atomic E-state index is 15.2. The molecule has 2 aromatic heterocycles. The molecule has 0 saturated carbocycles. The molecule has 0 spiro atoms. The van der Waals surface area contributed by atoms with E-state index in [-0.39, 0.29) is 18.3 Å². The van der Waals surface area contributed by atoms with Crippen molar-refractivity contribution in [3.63, 3.8) is 0 Å². The Morgan fingerprint density at radius 3 is 2.56 bits per heavy atom. The van der Waals surface area contributed by atoms with Gasteiger partial charge in [-0.15, -0.1) is 11.3 Å². The smallest absolute Gasteiger partial charge is 0.414 e. The molecule has 3 rings (SSSR count). The lowest BCUT2D eigenvalue weighted by atomic mass is 9.77. The van der Waals surface area contributed by atoms with E-state index in [9.17, 15) is 4.79 Å². The highest BCUT2D eigenvalue weighted by atomic mass is 79.9. The summed E-state index contributed by atoms with van der Waals surface area (Å²) in [5.74, 6) is -0.332. The minimum Gasteiger partial charge on any atom is -0.443 e. The van der Waals surface area contributed by atoms with Gasteiger partial charge in [-0.25, -0.2) is 14.2 Å². The number of nitrogens with zero attached hydrogens (tertiary/aromatic N) is 3. The molecule has 0 radical (unpaired) electrons. The molecule has 0 bridgehead atoms. The number of thiazole rings is 1. The number of pyridine rings is 1. The lowest BCUT2D eigenvalue weighted by molar-refractivity contribution is 0.0247. The summed E-state index contributed by atoms with van der Waals surface area (Å²) >= 11 is 5.14. The van der Waals surface area contributed by atoms with Crippen LogP contribution in [0, 0.1) is 11.7 Å². The summed E-state index contributed by atoms with van der Waals surface area (Å²) in [4.78, 5) is 24.7. The summed E-state index contributed by atoms with van der Waals surface area (Å²) in [5.41, 5.74) is 0.988. The Morgan fingerprint density at radius 1 is 1.21 bits per heavy atom. The summed E-state index contributed by atoms with van der Waals surface area (Å²) in [6, 6.07) is 3.05. The fourth-order valence-corrected chi connectivity index (χ4v) is 6.12. The van der Waals surface area contributed by atoms with Crippen LogP contribution in [0.4, 0.5) is 9.18 Å². The van der Waals surface area contributed by atoms with Crippen LogP contribution in [0.5, 0.6) is 0 Å². The molecule has 8 heteroatoms. The van der Waals surface area contributed by atoms with Gasteiger partial charge in [0, 0.05) is 29.8 Å². The highest BCUT2D eigenvalue weighted by Gasteiger charge is 2.39. The Kier molecular flexibility index (Phi) is 11.1. The van der Waals surface area contributed by atoms with Crippen molar-refractivity contribution in [3.05, 3.63) is 74.8 Å². The molecule has 0 saturated heterocycles. The van der Waals surface area contributed by atoms with Crippen molar-refractivity contribution in [2.24, 2.45) is 5.92 Å². The van der Waals surface area contributed by atoms with Gasteiger partial charge in [0.05, 0.1) is 15.7 Å². The van der Waals surface area contributed by atoms with Crippen LogP contribution in [0.1, 0.15) is 90.8 Å². The van der Waals surface area contributed by atoms with Crippen molar-refractivity contribution < 1.29 is 13.9 Å². The van der Waals surface area contributed by atoms with E-state index in [1.165, 1.54) is 6.07 Å². The predicted molar refractivity (Wildman–Crippen MR) is 162 cm³/mol. The van der Waals surface area contributed by atoms with E-state index in [4.69, 9.17) is 4.74 Å². The summed E-state index contributed by atoms with van der Waals surface area (Å²) in [7, 11) is 0. The summed E-state index contributed by atoms with van der Waals surface area (Å²) in [6.07, 6.45) is 16.5. The molecule has 1 amide bonds. The van der Waals surface area contributed by atoms with Crippen LogP contribution in [0.25, 0.3) is 5.57 Å². The third-order valence-corrected chi connectivity index (χ3v) is 8.74. The summed E-state index contributed by atoms with van der Waals surface area (Å²) in [5, 5.41) is 0.962. The van der Waals surface area contributed by atoms with Gasteiger partial charge in [-0.1, -0.05) is 39.0 Å². The van der Waals surface area contributed by atoms with Gasteiger partial charge in [0.2, 0.25) is 0 Å². The quantitative estimate of drug-likeness (QED) is 0.290. The third kappa shape index (κ3) is 8.34. The fraction of sp³-hybridized carbons (Fsp3) is 0.516. The van der Waals surface area contributed by atoms with E-state index < -0.39 is 17.1 Å². The molecule has 0 aliphatic heterocycles. The molecule has 0 N–H and O–H groups in total. The van der Waals surface area contributed by atoms with Gasteiger partial charge in [-0.05, 0) is 99.0 Å². The highest BCUT2D eigenvalue weighted by Crippen LogP contribution is 2.37. The van der Waals surface area contributed by atoms with Gasteiger partial charge >= 0.3 is 6.09 Å². The lowest BCUT2D eigenvalue weighted by Crippen LogP contribution is -2.46. The summed E-state index contributed by atoms with van der Waals surface area (Å²) in [6.45, 7) is 12.0. The number of halogens is 2. The first-order chi connectivity index (χ1) is 18.5. The van der Waals surface area contributed by atoms with Crippen LogP contribution in [-0.2, 0) is 10.2 Å². The molecule has 0 fully saturated rings. The molecule has 0 aromatic carbocycles. The van der Waals surface area contributed by atoms with Crippen LogP contribution in [0.15, 0.2) is 58.3 Å². The molecule has 2 aromatic rings. The largest absolute Gasteiger partial charge is 0.443 e. The van der Waals surface area contributed by atoms with Gasteiger partial charge in [0.15, 0.2) is 0 Å². The van der Waals surface area contributed by atoms with E-state index in [1.807, 2.05) is 46.9 Å². The Bertz CT molecular complexity index is 1210. The van der Waals surface area contributed by atoms with Gasteiger partial charge in [0.25, 0.3) is 0 Å². The maximum atomic E-state index is 15.2. The van der Waals surface area contributed by atoms with E-state index >= 15 is 4.39 Å². The maximum Gasteiger partial charge on any atom is 0.414 e. The van der Waals surface area contributed by atoms with Crippen molar-refractivity contribution in [2.45, 2.75) is 91.1 Å². The molecule has 5 nitrogen and oxygen atoms in total. The van der Waals surface area contributed by atoms with E-state index in [0.29, 0.717) is 18.5 Å². The average molecular weight is 619 g/mol. The monoisotopic (exact) mass is 617 g/mol. The standard InChI is InChI=1S/C31H41BrFN3O2S/c1-7-31(8-2,27-24(33)16-13-19-34-27)21-36(29(37)38-30(4,5)6)25-18-17-23(28-35-20-26(32)39-28)15-12-10-9-11-14-22(25)3/h9,11,13,16-20,22H,7-8,10,12,14-15,21H2,1-6H3. The zero-order valence-electron chi connectivity index (χ0n) is 24.0. The number of rotatable bonds is 7. The number of amides is 1. The van der Waals surface area contributed by atoms with Crippen LogP contribution in [0.2, 0.25) is 0 Å². The minimum atomic E-state index is -0.683. The second-order valence-electron chi connectivity index (χ2n) is 11.1. The number of hydrogen-bond acceptors (Lipinski definition) is 5. The van der Waals surface area contributed by atoms with E-state index in [2.05, 4.69) is 51.0 Å². The molecule has 1 aliphatic carbocycles. The van der Waals surface area contributed by atoms with Crippen molar-refractivity contribution in [3.8, 4) is 0 Å². The predicted octanol–water partition coefficient (Wildman–Crippen LogP) is 9.47. The van der Waals surface area contributed by atoms with Gasteiger partial charge in [-0.2, -0.15) is 0 Å². The Hall–Kier alpha value is -2.32. The van der Waals surface area contributed by atoms with Crippen LogP contribution in [0.3, 0.4) is 0 Å². The van der Waals surface area contributed by atoms with E-state index in [1.54, 1.807) is 28.5 Å². The number of allylic oxidation sites excluding steroid dienone is 6. The van der Waals surface area contributed by atoms with Crippen molar-refractivity contribution in [1.82, 2.24) is 14.9 Å². The van der Waals surface area contributed by atoms with Crippen LogP contribution < -0.4 is 0 Å². The van der Waals surface area contributed by atoms with Crippen molar-refractivity contribution in [1.29, 1.82) is 0 Å².